The first-order chi connectivity index (χ1) is 16.9. The Morgan fingerprint density at radius 3 is 2.80 bits per heavy atom. The molecular formula is C26H30N4O5. The summed E-state index contributed by atoms with van der Waals surface area (Å²) in [5, 5.41) is 45.6. The minimum absolute atomic E-state index is 0.0446. The minimum Gasteiger partial charge on any atom is -0.490 e. The summed E-state index contributed by atoms with van der Waals surface area (Å²) in [5.41, 5.74) is 4.17. The van der Waals surface area contributed by atoms with Gasteiger partial charge in [0.1, 0.15) is 11.8 Å². The number of aromatic nitrogens is 2. The smallest absolute Gasteiger partial charge is 0.258 e. The van der Waals surface area contributed by atoms with Crippen LogP contribution in [-0.2, 0) is 6.42 Å². The van der Waals surface area contributed by atoms with Crippen molar-refractivity contribution in [1.82, 2.24) is 15.5 Å². The Hall–Kier alpha value is -3.29. The molecule has 1 heterocycles. The number of nitrogens with one attached hydrogen (secondary N) is 1. The highest BCUT2D eigenvalue weighted by atomic mass is 16.5. The van der Waals surface area contributed by atoms with Crippen LogP contribution in [-0.4, -0.2) is 56.9 Å². The highest BCUT2D eigenvalue weighted by Crippen LogP contribution is 2.37. The second kappa shape index (κ2) is 11.0. The molecule has 4 N–H and O–H groups in total. The molecule has 4 rings (SSSR count). The molecular weight excluding hydrogens is 448 g/mol. The quantitative estimate of drug-likeness (QED) is 0.346. The second-order valence-corrected chi connectivity index (χ2v) is 9.01. The van der Waals surface area contributed by atoms with Gasteiger partial charge in [0.15, 0.2) is 0 Å². The molecule has 35 heavy (non-hydrogen) atoms. The van der Waals surface area contributed by atoms with Crippen molar-refractivity contribution in [3.8, 4) is 34.7 Å². The van der Waals surface area contributed by atoms with Gasteiger partial charge in [-0.2, -0.15) is 10.2 Å². The molecule has 2 aromatic carbocycles. The Kier molecular flexibility index (Phi) is 7.78. The van der Waals surface area contributed by atoms with Gasteiger partial charge in [-0.3, -0.25) is 0 Å². The molecule has 0 unspecified atom stereocenters. The average molecular weight is 479 g/mol. The van der Waals surface area contributed by atoms with Gasteiger partial charge in [-0.1, -0.05) is 23.4 Å². The molecule has 9 heteroatoms. The minimum atomic E-state index is -0.926. The maximum atomic E-state index is 10.1. The van der Waals surface area contributed by atoms with E-state index in [-0.39, 0.29) is 25.2 Å². The number of fused-ring (bicyclic) bond motifs is 1. The fourth-order valence-electron chi connectivity index (χ4n) is 4.38. The van der Waals surface area contributed by atoms with Crippen LogP contribution in [0.1, 0.15) is 49.4 Å². The maximum absolute atomic E-state index is 10.1. The molecule has 1 aromatic heterocycles. The first kappa shape index (κ1) is 24.8. The van der Waals surface area contributed by atoms with Gasteiger partial charge in [-0.15, -0.1) is 0 Å². The van der Waals surface area contributed by atoms with Crippen molar-refractivity contribution in [2.24, 2.45) is 0 Å². The third-order valence-electron chi connectivity index (χ3n) is 6.00. The molecule has 1 aliphatic carbocycles. The van der Waals surface area contributed by atoms with Crippen molar-refractivity contribution in [2.75, 3.05) is 13.2 Å². The number of nitrogens with zero attached hydrogens (tertiary/aromatic N) is 3. The third-order valence-corrected chi connectivity index (χ3v) is 6.00. The number of aliphatic hydroxyl groups excluding tert-OH is 3. The Morgan fingerprint density at radius 2 is 2.06 bits per heavy atom. The number of hydrogen-bond donors (Lipinski definition) is 4. The lowest BCUT2D eigenvalue weighted by atomic mass is 10.0. The fourth-order valence-corrected chi connectivity index (χ4v) is 4.38. The van der Waals surface area contributed by atoms with Gasteiger partial charge in [-0.25, -0.2) is 0 Å². The molecule has 3 aromatic rings. The van der Waals surface area contributed by atoms with Gasteiger partial charge in [0.2, 0.25) is 5.82 Å². The summed E-state index contributed by atoms with van der Waals surface area (Å²) in [7, 11) is 0. The summed E-state index contributed by atoms with van der Waals surface area (Å²) >= 11 is 0. The Morgan fingerprint density at radius 1 is 1.23 bits per heavy atom. The normalized spacial score (nSPS) is 16.7. The molecule has 0 spiro atoms. The van der Waals surface area contributed by atoms with Gasteiger partial charge < -0.3 is 29.9 Å². The molecule has 0 bridgehead atoms. The summed E-state index contributed by atoms with van der Waals surface area (Å²) in [6.07, 6.45) is 0.0750. The van der Waals surface area contributed by atoms with E-state index in [2.05, 4.69) is 21.5 Å². The molecule has 0 amide bonds. The highest BCUT2D eigenvalue weighted by molar-refractivity contribution is 5.67. The van der Waals surface area contributed by atoms with Gasteiger partial charge >= 0.3 is 0 Å². The van der Waals surface area contributed by atoms with E-state index in [0.717, 1.165) is 29.5 Å². The molecule has 0 saturated heterocycles. The zero-order valence-electron chi connectivity index (χ0n) is 19.8. The SMILES string of the molecule is CC(C)Oc1ccc(-c2nc(-c3cccc4c3CC[C@@H]4NC[C@@H](O)C[C@H](O)CO)no2)cc1C#N. The van der Waals surface area contributed by atoms with Crippen molar-refractivity contribution < 1.29 is 24.6 Å². The average Bonchev–Trinajstić information content (AvgIpc) is 3.50. The summed E-state index contributed by atoms with van der Waals surface area (Å²) < 4.78 is 11.2. The number of ether oxygens (including phenoxy) is 1. The number of hydrogen-bond acceptors (Lipinski definition) is 9. The first-order valence-corrected chi connectivity index (χ1v) is 11.8. The molecule has 0 fully saturated rings. The number of rotatable bonds is 10. The van der Waals surface area contributed by atoms with Crippen molar-refractivity contribution in [3.05, 3.63) is 53.1 Å². The van der Waals surface area contributed by atoms with E-state index < -0.39 is 12.2 Å². The van der Waals surface area contributed by atoms with Crippen molar-refractivity contribution >= 4 is 0 Å². The largest absolute Gasteiger partial charge is 0.490 e. The van der Waals surface area contributed by atoms with E-state index in [9.17, 15) is 15.5 Å². The molecule has 0 aliphatic heterocycles. The summed E-state index contributed by atoms with van der Waals surface area (Å²) in [6, 6.07) is 13.4. The van der Waals surface area contributed by atoms with E-state index in [1.165, 1.54) is 0 Å². The van der Waals surface area contributed by atoms with Gasteiger partial charge in [0, 0.05) is 30.1 Å². The molecule has 1 aliphatic rings. The predicted molar refractivity (Wildman–Crippen MR) is 128 cm³/mol. The topological polar surface area (TPSA) is 145 Å². The van der Waals surface area contributed by atoms with Gasteiger partial charge in [0.25, 0.3) is 5.89 Å². The lowest BCUT2D eigenvalue weighted by Crippen LogP contribution is -2.32. The van der Waals surface area contributed by atoms with E-state index in [0.29, 0.717) is 35.1 Å². The maximum Gasteiger partial charge on any atom is 0.258 e. The van der Waals surface area contributed by atoms with Gasteiger partial charge in [0.05, 0.1) is 30.5 Å². The van der Waals surface area contributed by atoms with Crippen LogP contribution in [0.4, 0.5) is 0 Å². The molecule has 0 saturated carbocycles. The second-order valence-electron chi connectivity index (χ2n) is 9.01. The van der Waals surface area contributed by atoms with Crippen LogP contribution in [0.3, 0.4) is 0 Å². The van der Waals surface area contributed by atoms with Crippen LogP contribution in [0, 0.1) is 11.3 Å². The van der Waals surface area contributed by atoms with Crippen molar-refractivity contribution in [3.63, 3.8) is 0 Å². The van der Waals surface area contributed by atoms with Gasteiger partial charge in [-0.05, 0) is 56.0 Å². The molecule has 3 atom stereocenters. The predicted octanol–water partition coefficient (Wildman–Crippen LogP) is 2.74. The summed E-state index contributed by atoms with van der Waals surface area (Å²) in [5.74, 6) is 1.31. The Labute approximate surface area is 204 Å². The zero-order chi connectivity index (χ0) is 24.9. The van der Waals surface area contributed by atoms with E-state index in [1.54, 1.807) is 18.2 Å². The highest BCUT2D eigenvalue weighted by Gasteiger charge is 2.27. The molecule has 184 valence electrons. The van der Waals surface area contributed by atoms with Crippen LogP contribution in [0.2, 0.25) is 0 Å². The first-order valence-electron chi connectivity index (χ1n) is 11.8. The summed E-state index contributed by atoms with van der Waals surface area (Å²) in [4.78, 5) is 4.60. The van der Waals surface area contributed by atoms with Crippen LogP contribution in [0.25, 0.3) is 22.8 Å². The molecule has 9 nitrogen and oxygen atoms in total. The number of benzene rings is 2. The van der Waals surface area contributed by atoms with Crippen LogP contribution >= 0.6 is 0 Å². The lowest BCUT2D eigenvalue weighted by molar-refractivity contribution is 0.0409. The Bertz CT molecular complexity index is 1200. The lowest BCUT2D eigenvalue weighted by Gasteiger charge is -2.19. The number of aliphatic hydroxyl groups is 3. The van der Waals surface area contributed by atoms with Crippen LogP contribution in [0.5, 0.6) is 5.75 Å². The van der Waals surface area contributed by atoms with E-state index >= 15 is 0 Å². The van der Waals surface area contributed by atoms with Crippen LogP contribution < -0.4 is 10.1 Å². The van der Waals surface area contributed by atoms with Crippen LogP contribution in [0.15, 0.2) is 40.9 Å². The summed E-state index contributed by atoms with van der Waals surface area (Å²) in [6.45, 7) is 3.76. The molecule has 0 radical (unpaired) electrons. The van der Waals surface area contributed by atoms with Crippen molar-refractivity contribution in [1.29, 1.82) is 5.26 Å². The number of nitriles is 1. The fraction of sp³-hybridized carbons (Fsp3) is 0.423. The van der Waals surface area contributed by atoms with Crippen molar-refractivity contribution in [2.45, 2.75) is 57.5 Å². The monoisotopic (exact) mass is 478 g/mol. The van der Waals surface area contributed by atoms with E-state index in [4.69, 9.17) is 14.4 Å². The Balaban J connectivity index is 1.52. The van der Waals surface area contributed by atoms with E-state index in [1.807, 2.05) is 32.0 Å². The standard InChI is InChI=1S/C26H30N4O5/c1-15(2)34-24-9-6-16(10-17(24)12-27)26-29-25(30-35-26)22-5-3-4-21-20(22)7-8-23(21)28-13-18(32)11-19(33)14-31/h3-6,9-10,15,18-19,23,28,31-33H,7-8,11,13-14H2,1-2H3/t18-,19-,23-/m0/s1. The third kappa shape index (κ3) is 5.69. The zero-order valence-corrected chi connectivity index (χ0v) is 19.8.